The van der Waals surface area contributed by atoms with Crippen LogP contribution in [0.2, 0.25) is 0 Å². The Labute approximate surface area is 222 Å². The molecule has 5 aromatic carbocycles. The topological polar surface area (TPSA) is 35.9 Å². The molecule has 0 saturated carbocycles. The highest BCUT2D eigenvalue weighted by Crippen LogP contribution is 2.49. The molecule has 0 aliphatic carbocycles. The average molecular weight is 500 g/mol. The third kappa shape index (κ3) is 2.65. The highest BCUT2D eigenvalue weighted by molar-refractivity contribution is 6.39. The van der Waals surface area contributed by atoms with Crippen molar-refractivity contribution in [1.82, 2.24) is 14.1 Å². The summed E-state index contributed by atoms with van der Waals surface area (Å²) < 4.78 is 11.5. The van der Waals surface area contributed by atoms with Gasteiger partial charge in [0.15, 0.2) is 0 Å². The molecule has 0 amide bonds. The molecule has 4 heterocycles. The van der Waals surface area contributed by atoms with E-state index in [1.807, 2.05) is 24.4 Å². The van der Waals surface area contributed by atoms with Crippen LogP contribution in [0.5, 0.6) is 0 Å². The fourth-order valence-electron chi connectivity index (χ4n) is 6.45. The van der Waals surface area contributed by atoms with E-state index in [1.54, 1.807) is 0 Å². The van der Waals surface area contributed by atoms with Gasteiger partial charge in [-0.3, -0.25) is 4.57 Å². The van der Waals surface area contributed by atoms with Crippen LogP contribution < -0.4 is 0 Å². The van der Waals surface area contributed by atoms with E-state index in [0.717, 1.165) is 66.3 Å². The fourth-order valence-corrected chi connectivity index (χ4v) is 6.45. The Kier molecular flexibility index (Phi) is 4.02. The second kappa shape index (κ2) is 7.59. The average Bonchev–Trinajstić information content (AvgIpc) is 3.66. The van der Waals surface area contributed by atoms with E-state index in [2.05, 4.69) is 112 Å². The molecule has 4 nitrogen and oxygen atoms in total. The number of hydrogen-bond donors (Lipinski definition) is 0. The minimum Gasteiger partial charge on any atom is -0.455 e. The molecule has 0 atom stereocenters. The van der Waals surface area contributed by atoms with Gasteiger partial charge in [-0.2, -0.15) is 0 Å². The lowest BCUT2D eigenvalue weighted by molar-refractivity contribution is 0.673. The summed E-state index contributed by atoms with van der Waals surface area (Å²) in [5.41, 5.74) is 7.44. The fraction of sp³-hybridized carbons (Fsp3) is 0. The third-order valence-corrected chi connectivity index (χ3v) is 7.94. The van der Waals surface area contributed by atoms with Gasteiger partial charge in [0.05, 0.1) is 27.5 Å². The number of aromatic nitrogens is 3. The standard InChI is InChI=1S/C35H21N3O/c1-2-12-22(13-3-1)37-26-17-7-4-14-23(26)30-31-25-16-6-9-19-28(25)39-35(31)32-24-15-5-8-18-27(24)38(34(32)33(30)37)29-20-10-11-21-36-29/h1-21H. The molecule has 0 N–H and O–H groups in total. The molecular weight excluding hydrogens is 478 g/mol. The lowest BCUT2D eigenvalue weighted by Crippen LogP contribution is -2.00. The quantitative estimate of drug-likeness (QED) is 0.238. The molecule has 4 heteroatoms. The van der Waals surface area contributed by atoms with Crippen molar-refractivity contribution >= 4 is 65.6 Å². The van der Waals surface area contributed by atoms with Gasteiger partial charge in [0.25, 0.3) is 0 Å². The van der Waals surface area contributed by atoms with Crippen molar-refractivity contribution in [2.24, 2.45) is 0 Å². The molecule has 0 unspecified atom stereocenters. The lowest BCUT2D eigenvalue weighted by Gasteiger charge is -2.12. The first-order chi connectivity index (χ1) is 19.4. The van der Waals surface area contributed by atoms with Crippen LogP contribution in [0.4, 0.5) is 0 Å². The second-order valence-electron chi connectivity index (χ2n) is 9.98. The number of furan rings is 1. The molecule has 4 aromatic heterocycles. The predicted molar refractivity (Wildman–Crippen MR) is 160 cm³/mol. The third-order valence-electron chi connectivity index (χ3n) is 7.94. The first-order valence-corrected chi connectivity index (χ1v) is 13.2. The molecule has 0 aliphatic rings. The Hall–Kier alpha value is -5.35. The number of rotatable bonds is 2. The van der Waals surface area contributed by atoms with Gasteiger partial charge in [-0.05, 0) is 42.5 Å². The number of para-hydroxylation sites is 4. The van der Waals surface area contributed by atoms with Crippen LogP contribution in [-0.4, -0.2) is 14.1 Å². The van der Waals surface area contributed by atoms with Gasteiger partial charge in [-0.25, -0.2) is 4.98 Å². The number of hydrogen-bond acceptors (Lipinski definition) is 2. The smallest absolute Gasteiger partial charge is 0.146 e. The molecule has 0 bridgehead atoms. The summed E-state index contributed by atoms with van der Waals surface area (Å²) in [6.45, 7) is 0. The normalized spacial score (nSPS) is 12.1. The zero-order valence-electron chi connectivity index (χ0n) is 20.9. The lowest BCUT2D eigenvalue weighted by atomic mass is 10.0. The molecule has 39 heavy (non-hydrogen) atoms. The van der Waals surface area contributed by atoms with Gasteiger partial charge in [-0.1, -0.05) is 78.9 Å². The van der Waals surface area contributed by atoms with Crippen LogP contribution in [0, 0.1) is 0 Å². The van der Waals surface area contributed by atoms with E-state index in [-0.39, 0.29) is 0 Å². The van der Waals surface area contributed by atoms with Gasteiger partial charge in [-0.15, -0.1) is 0 Å². The number of benzene rings is 5. The summed E-state index contributed by atoms with van der Waals surface area (Å²) in [6, 6.07) is 42.4. The molecule has 0 fully saturated rings. The number of fused-ring (bicyclic) bond motifs is 12. The van der Waals surface area contributed by atoms with Crippen molar-refractivity contribution in [1.29, 1.82) is 0 Å². The van der Waals surface area contributed by atoms with Crippen LogP contribution in [0.1, 0.15) is 0 Å². The summed E-state index contributed by atoms with van der Waals surface area (Å²) in [5, 5.41) is 6.94. The summed E-state index contributed by atoms with van der Waals surface area (Å²) in [7, 11) is 0. The molecule has 182 valence electrons. The maximum Gasteiger partial charge on any atom is 0.146 e. The first kappa shape index (κ1) is 20.7. The zero-order chi connectivity index (χ0) is 25.5. The Morgan fingerprint density at radius 2 is 1.10 bits per heavy atom. The maximum absolute atomic E-state index is 6.75. The molecule has 0 radical (unpaired) electrons. The molecular formula is C35H21N3O. The minimum atomic E-state index is 0.880. The first-order valence-electron chi connectivity index (χ1n) is 13.2. The van der Waals surface area contributed by atoms with E-state index in [1.165, 1.54) is 10.8 Å². The van der Waals surface area contributed by atoms with Crippen molar-refractivity contribution < 1.29 is 4.42 Å². The predicted octanol–water partition coefficient (Wildman–Crippen LogP) is 9.18. The van der Waals surface area contributed by atoms with E-state index in [9.17, 15) is 0 Å². The Morgan fingerprint density at radius 1 is 0.487 bits per heavy atom. The van der Waals surface area contributed by atoms with Crippen molar-refractivity contribution in [3.05, 3.63) is 128 Å². The van der Waals surface area contributed by atoms with Crippen LogP contribution >= 0.6 is 0 Å². The summed E-state index contributed by atoms with van der Waals surface area (Å²) in [4.78, 5) is 4.83. The largest absolute Gasteiger partial charge is 0.455 e. The van der Waals surface area contributed by atoms with Crippen LogP contribution in [0.15, 0.2) is 132 Å². The van der Waals surface area contributed by atoms with Crippen LogP contribution in [0.3, 0.4) is 0 Å². The summed E-state index contributed by atoms with van der Waals surface area (Å²) in [5.74, 6) is 0.880. The monoisotopic (exact) mass is 499 g/mol. The molecule has 0 saturated heterocycles. The SMILES string of the molecule is c1ccc(-n2c3ccccc3c3c4c5ccccc5oc4c4c5ccccc5n(-c5ccccn5)c4c32)cc1. The Morgan fingerprint density at radius 3 is 1.87 bits per heavy atom. The van der Waals surface area contributed by atoms with Crippen LogP contribution in [0.25, 0.3) is 77.1 Å². The Bertz CT molecular complexity index is 2370. The summed E-state index contributed by atoms with van der Waals surface area (Å²) in [6.07, 6.45) is 1.86. The number of pyridine rings is 1. The molecule has 9 rings (SSSR count). The van der Waals surface area contributed by atoms with Crippen molar-refractivity contribution in [2.45, 2.75) is 0 Å². The van der Waals surface area contributed by atoms with Gasteiger partial charge in [0.1, 0.15) is 17.0 Å². The van der Waals surface area contributed by atoms with E-state index in [4.69, 9.17) is 9.40 Å². The van der Waals surface area contributed by atoms with Crippen molar-refractivity contribution in [3.63, 3.8) is 0 Å². The van der Waals surface area contributed by atoms with E-state index < -0.39 is 0 Å². The molecule has 0 spiro atoms. The van der Waals surface area contributed by atoms with Gasteiger partial charge in [0.2, 0.25) is 0 Å². The second-order valence-corrected chi connectivity index (χ2v) is 9.98. The molecule has 9 aromatic rings. The van der Waals surface area contributed by atoms with Crippen LogP contribution in [-0.2, 0) is 0 Å². The Balaban J connectivity index is 1.71. The van der Waals surface area contributed by atoms with Gasteiger partial charge >= 0.3 is 0 Å². The highest BCUT2D eigenvalue weighted by Gasteiger charge is 2.27. The molecule has 0 aliphatic heterocycles. The van der Waals surface area contributed by atoms with E-state index in [0.29, 0.717) is 0 Å². The number of nitrogens with zero attached hydrogens (tertiary/aromatic N) is 3. The van der Waals surface area contributed by atoms with Gasteiger partial charge in [0, 0.05) is 38.8 Å². The van der Waals surface area contributed by atoms with E-state index >= 15 is 0 Å². The van der Waals surface area contributed by atoms with Crippen molar-refractivity contribution in [3.8, 4) is 11.5 Å². The zero-order valence-corrected chi connectivity index (χ0v) is 20.9. The minimum absolute atomic E-state index is 0.880. The highest BCUT2D eigenvalue weighted by atomic mass is 16.3. The van der Waals surface area contributed by atoms with Gasteiger partial charge < -0.3 is 8.98 Å². The maximum atomic E-state index is 6.75. The van der Waals surface area contributed by atoms with Crippen molar-refractivity contribution in [2.75, 3.05) is 0 Å². The summed E-state index contributed by atoms with van der Waals surface area (Å²) >= 11 is 0.